The summed E-state index contributed by atoms with van der Waals surface area (Å²) in [5.41, 5.74) is 1.10. The fourth-order valence-electron chi connectivity index (χ4n) is 1.73. The Hall–Kier alpha value is -2.14. The number of thiophene rings is 1. The van der Waals surface area contributed by atoms with E-state index in [1.807, 2.05) is 47.8 Å². The third-order valence-corrected chi connectivity index (χ3v) is 3.52. The van der Waals surface area contributed by atoms with Crippen LogP contribution in [0.2, 0.25) is 0 Å². The van der Waals surface area contributed by atoms with Crippen molar-refractivity contribution in [1.29, 1.82) is 0 Å². The molecule has 0 bridgehead atoms. The average molecular weight is 271 g/mol. The lowest BCUT2D eigenvalue weighted by Crippen LogP contribution is -2.04. The maximum absolute atomic E-state index is 5.23. The SMILES string of the molecule is c1ccc(NCCc2nc(-c3cccs3)no2)cc1. The molecule has 2 heterocycles. The van der Waals surface area contributed by atoms with Crippen LogP contribution in [0.1, 0.15) is 5.89 Å². The molecule has 19 heavy (non-hydrogen) atoms. The van der Waals surface area contributed by atoms with Gasteiger partial charge in [0.05, 0.1) is 4.88 Å². The van der Waals surface area contributed by atoms with Crippen LogP contribution < -0.4 is 5.32 Å². The first-order chi connectivity index (χ1) is 9.42. The molecule has 1 N–H and O–H groups in total. The van der Waals surface area contributed by atoms with E-state index in [0.717, 1.165) is 17.1 Å². The van der Waals surface area contributed by atoms with Crippen LogP contribution in [-0.4, -0.2) is 16.7 Å². The fraction of sp³-hybridized carbons (Fsp3) is 0.143. The third kappa shape index (κ3) is 3.00. The summed E-state index contributed by atoms with van der Waals surface area (Å²) in [5.74, 6) is 1.33. The van der Waals surface area contributed by atoms with Crippen LogP contribution in [0.25, 0.3) is 10.7 Å². The predicted molar refractivity (Wildman–Crippen MR) is 76.2 cm³/mol. The Balaban J connectivity index is 1.56. The van der Waals surface area contributed by atoms with Crippen molar-refractivity contribution in [3.05, 3.63) is 53.7 Å². The highest BCUT2D eigenvalue weighted by molar-refractivity contribution is 7.13. The second-order valence-electron chi connectivity index (χ2n) is 4.03. The number of hydrogen-bond acceptors (Lipinski definition) is 5. The van der Waals surface area contributed by atoms with Gasteiger partial charge in [0.25, 0.3) is 0 Å². The molecule has 1 aromatic carbocycles. The lowest BCUT2D eigenvalue weighted by molar-refractivity contribution is 0.381. The van der Waals surface area contributed by atoms with Gasteiger partial charge in [-0.05, 0) is 23.6 Å². The first kappa shape index (κ1) is 11.9. The van der Waals surface area contributed by atoms with Crippen LogP contribution in [0, 0.1) is 0 Å². The fourth-order valence-corrected chi connectivity index (χ4v) is 2.38. The number of hydrogen-bond donors (Lipinski definition) is 1. The van der Waals surface area contributed by atoms with E-state index in [1.165, 1.54) is 0 Å². The second kappa shape index (κ2) is 5.67. The van der Waals surface area contributed by atoms with Crippen LogP contribution in [0.15, 0.2) is 52.4 Å². The monoisotopic (exact) mass is 271 g/mol. The quantitative estimate of drug-likeness (QED) is 0.772. The molecule has 4 nitrogen and oxygen atoms in total. The van der Waals surface area contributed by atoms with Gasteiger partial charge in [0.15, 0.2) is 0 Å². The number of nitrogens with one attached hydrogen (secondary N) is 1. The maximum atomic E-state index is 5.23. The second-order valence-corrected chi connectivity index (χ2v) is 4.98. The number of aromatic nitrogens is 2. The highest BCUT2D eigenvalue weighted by atomic mass is 32.1. The Morgan fingerprint density at radius 3 is 2.79 bits per heavy atom. The summed E-state index contributed by atoms with van der Waals surface area (Å²) in [6, 6.07) is 14.0. The Morgan fingerprint density at radius 1 is 1.11 bits per heavy atom. The van der Waals surface area contributed by atoms with E-state index in [4.69, 9.17) is 4.52 Å². The molecule has 0 saturated carbocycles. The molecular formula is C14H13N3OS. The number of nitrogens with zero attached hydrogens (tertiary/aromatic N) is 2. The van der Waals surface area contributed by atoms with Gasteiger partial charge in [-0.2, -0.15) is 4.98 Å². The molecule has 5 heteroatoms. The van der Waals surface area contributed by atoms with Crippen LogP contribution in [-0.2, 0) is 6.42 Å². The van der Waals surface area contributed by atoms with Gasteiger partial charge in [-0.25, -0.2) is 0 Å². The summed E-state index contributed by atoms with van der Waals surface area (Å²) in [6.07, 6.45) is 0.716. The molecule has 0 radical (unpaired) electrons. The minimum absolute atomic E-state index is 0.659. The Labute approximate surface area is 115 Å². The molecule has 0 spiro atoms. The lowest BCUT2D eigenvalue weighted by Gasteiger charge is -2.02. The van der Waals surface area contributed by atoms with Crippen molar-refractivity contribution >= 4 is 17.0 Å². The van der Waals surface area contributed by atoms with Gasteiger partial charge in [0.1, 0.15) is 0 Å². The van der Waals surface area contributed by atoms with Crippen molar-refractivity contribution in [2.24, 2.45) is 0 Å². The standard InChI is InChI=1S/C14H13N3OS/c1-2-5-11(6-3-1)15-9-8-13-16-14(17-18-13)12-7-4-10-19-12/h1-7,10,15H,8-9H2. The highest BCUT2D eigenvalue weighted by Gasteiger charge is 2.08. The molecule has 96 valence electrons. The number of benzene rings is 1. The molecule has 0 amide bonds. The first-order valence-electron chi connectivity index (χ1n) is 6.07. The van der Waals surface area contributed by atoms with Crippen LogP contribution in [0.3, 0.4) is 0 Å². The summed E-state index contributed by atoms with van der Waals surface area (Å²) in [5, 5.41) is 9.30. The summed E-state index contributed by atoms with van der Waals surface area (Å²) < 4.78 is 5.23. The third-order valence-electron chi connectivity index (χ3n) is 2.65. The van der Waals surface area contributed by atoms with Crippen molar-refractivity contribution in [3.8, 4) is 10.7 Å². The van der Waals surface area contributed by atoms with Crippen LogP contribution in [0.5, 0.6) is 0 Å². The predicted octanol–water partition coefficient (Wildman–Crippen LogP) is 3.45. The zero-order valence-electron chi connectivity index (χ0n) is 10.2. The number of para-hydroxylation sites is 1. The molecule has 0 saturated heterocycles. The zero-order chi connectivity index (χ0) is 12.9. The van der Waals surface area contributed by atoms with Gasteiger partial charge in [-0.3, -0.25) is 0 Å². The average Bonchev–Trinajstić information content (AvgIpc) is 3.10. The van der Waals surface area contributed by atoms with E-state index < -0.39 is 0 Å². The molecule has 0 atom stereocenters. The summed E-state index contributed by atoms with van der Waals surface area (Å²) in [7, 11) is 0. The first-order valence-corrected chi connectivity index (χ1v) is 6.95. The summed E-state index contributed by atoms with van der Waals surface area (Å²) in [6.45, 7) is 0.774. The topological polar surface area (TPSA) is 51.0 Å². The van der Waals surface area contributed by atoms with E-state index in [1.54, 1.807) is 11.3 Å². The van der Waals surface area contributed by atoms with Crippen LogP contribution >= 0.6 is 11.3 Å². The molecule has 2 aromatic heterocycles. The minimum atomic E-state index is 0.659. The van der Waals surface area contributed by atoms with Crippen LogP contribution in [0.4, 0.5) is 5.69 Å². The molecule has 0 fully saturated rings. The van der Waals surface area contributed by atoms with E-state index in [0.29, 0.717) is 18.1 Å². The lowest BCUT2D eigenvalue weighted by atomic mass is 10.3. The van der Waals surface area contributed by atoms with Crippen molar-refractivity contribution in [2.45, 2.75) is 6.42 Å². The van der Waals surface area contributed by atoms with E-state index in [2.05, 4.69) is 15.5 Å². The van der Waals surface area contributed by atoms with Gasteiger partial charge >= 0.3 is 0 Å². The molecule has 3 rings (SSSR count). The van der Waals surface area contributed by atoms with Crippen molar-refractivity contribution in [1.82, 2.24) is 10.1 Å². The molecule has 0 aliphatic heterocycles. The Kier molecular flexibility index (Phi) is 3.56. The van der Waals surface area contributed by atoms with Crippen molar-refractivity contribution < 1.29 is 4.52 Å². The molecule has 0 aliphatic carbocycles. The minimum Gasteiger partial charge on any atom is -0.385 e. The zero-order valence-corrected chi connectivity index (χ0v) is 11.1. The van der Waals surface area contributed by atoms with E-state index >= 15 is 0 Å². The van der Waals surface area contributed by atoms with Gasteiger partial charge in [-0.15, -0.1) is 11.3 Å². The van der Waals surface area contributed by atoms with Gasteiger partial charge in [0, 0.05) is 18.7 Å². The van der Waals surface area contributed by atoms with E-state index in [9.17, 15) is 0 Å². The van der Waals surface area contributed by atoms with Gasteiger partial charge in [-0.1, -0.05) is 29.4 Å². The number of anilines is 1. The molecule has 0 unspecified atom stereocenters. The highest BCUT2D eigenvalue weighted by Crippen LogP contribution is 2.21. The Bertz CT molecular complexity index is 619. The molecule has 0 aliphatic rings. The molecule has 3 aromatic rings. The number of rotatable bonds is 5. The van der Waals surface area contributed by atoms with E-state index in [-0.39, 0.29) is 0 Å². The maximum Gasteiger partial charge on any atom is 0.228 e. The summed E-state index contributed by atoms with van der Waals surface area (Å²) in [4.78, 5) is 5.41. The van der Waals surface area contributed by atoms with Crippen molar-refractivity contribution in [2.75, 3.05) is 11.9 Å². The molecular weight excluding hydrogens is 258 g/mol. The largest absolute Gasteiger partial charge is 0.385 e. The van der Waals surface area contributed by atoms with Gasteiger partial charge in [0.2, 0.25) is 11.7 Å². The normalized spacial score (nSPS) is 10.5. The van der Waals surface area contributed by atoms with Crippen molar-refractivity contribution in [3.63, 3.8) is 0 Å². The Morgan fingerprint density at radius 2 is 2.00 bits per heavy atom. The summed E-state index contributed by atoms with van der Waals surface area (Å²) >= 11 is 1.61. The van der Waals surface area contributed by atoms with Gasteiger partial charge < -0.3 is 9.84 Å². The smallest absolute Gasteiger partial charge is 0.228 e.